The highest BCUT2D eigenvalue weighted by Crippen LogP contribution is 2.39. The van der Waals surface area contributed by atoms with Crippen molar-refractivity contribution in [2.24, 2.45) is 0 Å². The van der Waals surface area contributed by atoms with E-state index < -0.39 is 5.41 Å². The first kappa shape index (κ1) is 13.3. The van der Waals surface area contributed by atoms with Gasteiger partial charge >= 0.3 is 0 Å². The molecule has 2 aromatic rings. The Morgan fingerprint density at radius 3 is 2.52 bits per heavy atom. The number of rotatable bonds is 2. The number of nitrogens with two attached hydrogens (primary N) is 1. The van der Waals surface area contributed by atoms with Crippen molar-refractivity contribution in [3.63, 3.8) is 0 Å². The largest absolute Gasteiger partial charge is 0.396 e. The molecule has 5 nitrogen and oxygen atoms in total. The summed E-state index contributed by atoms with van der Waals surface area (Å²) in [4.78, 5) is 30.3. The Kier molecular flexibility index (Phi) is 2.97. The maximum absolute atomic E-state index is 12.8. The van der Waals surface area contributed by atoms with Crippen LogP contribution in [0.2, 0.25) is 0 Å². The van der Waals surface area contributed by atoms with Crippen molar-refractivity contribution in [3.8, 4) is 0 Å². The van der Waals surface area contributed by atoms with Gasteiger partial charge in [-0.15, -0.1) is 0 Å². The van der Waals surface area contributed by atoms with Crippen molar-refractivity contribution >= 4 is 23.3 Å². The molecule has 0 bridgehead atoms. The molecule has 2 heterocycles. The summed E-state index contributed by atoms with van der Waals surface area (Å²) in [6, 6.07) is 12.6. The van der Waals surface area contributed by atoms with E-state index in [1.807, 2.05) is 30.3 Å². The summed E-state index contributed by atoms with van der Waals surface area (Å²) in [5, 5.41) is 0. The maximum Gasteiger partial charge on any atom is 0.245 e. The highest BCUT2D eigenvalue weighted by molar-refractivity contribution is 6.25. The molecule has 3 rings (SSSR count). The van der Waals surface area contributed by atoms with Crippen LogP contribution in [0.1, 0.15) is 18.9 Å². The van der Waals surface area contributed by atoms with Crippen LogP contribution in [0.25, 0.3) is 0 Å². The van der Waals surface area contributed by atoms with Gasteiger partial charge in [0.15, 0.2) is 5.82 Å². The zero-order valence-corrected chi connectivity index (χ0v) is 11.6. The Morgan fingerprint density at radius 1 is 1.14 bits per heavy atom. The molecule has 2 N–H and O–H groups in total. The molecule has 0 aliphatic carbocycles. The second kappa shape index (κ2) is 4.70. The molecular weight excluding hydrogens is 266 g/mol. The summed E-state index contributed by atoms with van der Waals surface area (Å²) in [5.41, 5.74) is 6.11. The first-order valence-electron chi connectivity index (χ1n) is 6.67. The predicted octanol–water partition coefficient (Wildman–Crippen LogP) is 1.89. The van der Waals surface area contributed by atoms with Gasteiger partial charge in [-0.2, -0.15) is 0 Å². The van der Waals surface area contributed by atoms with Crippen LogP contribution in [0.3, 0.4) is 0 Å². The quantitative estimate of drug-likeness (QED) is 0.853. The summed E-state index contributed by atoms with van der Waals surface area (Å²) >= 11 is 0. The number of hydrogen-bond acceptors (Lipinski definition) is 4. The Morgan fingerprint density at radius 2 is 1.86 bits per heavy atom. The Balaban J connectivity index is 2.06. The zero-order valence-electron chi connectivity index (χ0n) is 11.6. The van der Waals surface area contributed by atoms with E-state index in [9.17, 15) is 9.59 Å². The Hall–Kier alpha value is -2.69. The van der Waals surface area contributed by atoms with Crippen LogP contribution < -0.4 is 10.6 Å². The highest BCUT2D eigenvalue weighted by atomic mass is 16.2. The van der Waals surface area contributed by atoms with Crippen molar-refractivity contribution in [3.05, 3.63) is 54.2 Å². The SMILES string of the molecule is CC1(c2ccccc2)CC(=O)N(c2ncccc2N)C1=O. The zero-order chi connectivity index (χ0) is 15.0. The van der Waals surface area contributed by atoms with Crippen LogP contribution in [0, 0.1) is 0 Å². The van der Waals surface area contributed by atoms with Gasteiger partial charge in [0.05, 0.1) is 11.1 Å². The first-order chi connectivity index (χ1) is 10.0. The van der Waals surface area contributed by atoms with E-state index in [-0.39, 0.29) is 24.1 Å². The van der Waals surface area contributed by atoms with Gasteiger partial charge in [-0.1, -0.05) is 30.3 Å². The lowest BCUT2D eigenvalue weighted by atomic mass is 9.81. The number of aromatic nitrogens is 1. The van der Waals surface area contributed by atoms with Gasteiger partial charge in [-0.05, 0) is 24.6 Å². The number of nitrogen functional groups attached to an aromatic ring is 1. The summed E-state index contributed by atoms with van der Waals surface area (Å²) in [6.45, 7) is 1.78. The summed E-state index contributed by atoms with van der Waals surface area (Å²) in [7, 11) is 0. The molecule has 1 saturated heterocycles. The number of nitrogens with zero attached hydrogens (tertiary/aromatic N) is 2. The van der Waals surface area contributed by atoms with Crippen molar-refractivity contribution in [1.29, 1.82) is 0 Å². The van der Waals surface area contributed by atoms with Gasteiger partial charge in [0.1, 0.15) is 0 Å². The average Bonchev–Trinajstić information content (AvgIpc) is 2.72. The maximum atomic E-state index is 12.8. The number of imide groups is 1. The number of benzene rings is 1. The van der Waals surface area contributed by atoms with Gasteiger partial charge in [0, 0.05) is 12.6 Å². The summed E-state index contributed by atoms with van der Waals surface area (Å²) in [6.07, 6.45) is 1.64. The molecule has 1 atom stereocenters. The molecule has 2 amide bonds. The molecule has 1 aliphatic rings. The van der Waals surface area contributed by atoms with Crippen LogP contribution in [0.4, 0.5) is 11.5 Å². The molecule has 0 spiro atoms. The normalized spacial score (nSPS) is 21.9. The third kappa shape index (κ3) is 1.98. The molecule has 1 unspecified atom stereocenters. The van der Waals surface area contributed by atoms with Gasteiger partial charge in [0.25, 0.3) is 0 Å². The number of pyridine rings is 1. The fourth-order valence-electron chi connectivity index (χ4n) is 2.66. The number of anilines is 2. The van der Waals surface area contributed by atoms with Crippen molar-refractivity contribution < 1.29 is 9.59 Å². The second-order valence-corrected chi connectivity index (χ2v) is 5.33. The van der Waals surface area contributed by atoms with E-state index in [0.717, 1.165) is 10.5 Å². The van der Waals surface area contributed by atoms with Crippen molar-refractivity contribution in [2.75, 3.05) is 10.6 Å². The van der Waals surface area contributed by atoms with E-state index in [0.29, 0.717) is 5.69 Å². The van der Waals surface area contributed by atoms with Crippen LogP contribution in [0.15, 0.2) is 48.7 Å². The third-order valence-corrected chi connectivity index (χ3v) is 3.87. The van der Waals surface area contributed by atoms with Crippen LogP contribution >= 0.6 is 0 Å². The predicted molar refractivity (Wildman–Crippen MR) is 79.6 cm³/mol. The first-order valence-corrected chi connectivity index (χ1v) is 6.67. The van der Waals surface area contributed by atoms with Gasteiger partial charge < -0.3 is 5.73 Å². The molecule has 0 radical (unpaired) electrons. The lowest BCUT2D eigenvalue weighted by Crippen LogP contribution is -2.37. The van der Waals surface area contributed by atoms with Gasteiger partial charge in [0.2, 0.25) is 11.8 Å². The van der Waals surface area contributed by atoms with Gasteiger partial charge in [-0.25, -0.2) is 9.88 Å². The average molecular weight is 281 g/mol. The molecule has 0 saturated carbocycles. The lowest BCUT2D eigenvalue weighted by molar-refractivity contribution is -0.122. The van der Waals surface area contributed by atoms with E-state index >= 15 is 0 Å². The van der Waals surface area contributed by atoms with E-state index in [1.165, 1.54) is 6.20 Å². The summed E-state index contributed by atoms with van der Waals surface area (Å²) in [5.74, 6) is -0.354. The molecule has 1 aliphatic heterocycles. The van der Waals surface area contributed by atoms with Gasteiger partial charge in [-0.3, -0.25) is 9.59 Å². The minimum absolute atomic E-state index is 0.117. The fourth-order valence-corrected chi connectivity index (χ4v) is 2.66. The summed E-state index contributed by atoms with van der Waals surface area (Å²) < 4.78 is 0. The minimum atomic E-state index is -0.873. The lowest BCUT2D eigenvalue weighted by Gasteiger charge is -2.22. The fraction of sp³-hybridized carbons (Fsp3) is 0.188. The topological polar surface area (TPSA) is 76.3 Å². The van der Waals surface area contributed by atoms with E-state index in [1.54, 1.807) is 19.1 Å². The standard InChI is InChI=1S/C16H15N3O2/c1-16(11-6-3-2-4-7-11)10-13(20)19(15(16)21)14-12(17)8-5-9-18-14/h2-9H,10,17H2,1H3. The van der Waals surface area contributed by atoms with Crippen molar-refractivity contribution in [2.45, 2.75) is 18.8 Å². The molecular formula is C16H15N3O2. The molecule has 1 aromatic carbocycles. The molecule has 1 aromatic heterocycles. The number of amides is 2. The van der Waals surface area contributed by atoms with Crippen LogP contribution in [0.5, 0.6) is 0 Å². The number of carbonyl (C=O) groups is 2. The molecule has 1 fully saturated rings. The minimum Gasteiger partial charge on any atom is -0.396 e. The molecule has 21 heavy (non-hydrogen) atoms. The Labute approximate surface area is 122 Å². The Bertz CT molecular complexity index is 714. The third-order valence-electron chi connectivity index (χ3n) is 3.87. The number of hydrogen-bond donors (Lipinski definition) is 1. The van der Waals surface area contributed by atoms with Crippen LogP contribution in [-0.4, -0.2) is 16.8 Å². The highest BCUT2D eigenvalue weighted by Gasteiger charge is 2.50. The van der Waals surface area contributed by atoms with E-state index in [2.05, 4.69) is 4.98 Å². The second-order valence-electron chi connectivity index (χ2n) is 5.33. The van der Waals surface area contributed by atoms with Crippen molar-refractivity contribution in [1.82, 2.24) is 4.98 Å². The van der Waals surface area contributed by atoms with E-state index in [4.69, 9.17) is 5.73 Å². The van der Waals surface area contributed by atoms with Crippen LogP contribution in [-0.2, 0) is 15.0 Å². The molecule has 106 valence electrons. The monoisotopic (exact) mass is 281 g/mol. The number of carbonyl (C=O) groups excluding carboxylic acids is 2. The molecule has 5 heteroatoms. The smallest absolute Gasteiger partial charge is 0.245 e.